The maximum absolute atomic E-state index is 13.4. The molecule has 188 valence electrons. The number of hydrogen-bond donors (Lipinski definition) is 0. The maximum Gasteiger partial charge on any atom is 0.257 e. The number of benzene rings is 1. The lowest BCUT2D eigenvalue weighted by atomic mass is 9.90. The average molecular weight is 487 g/mol. The van der Waals surface area contributed by atoms with Gasteiger partial charge in [-0.1, -0.05) is 25.3 Å². The number of rotatable bonds is 4. The Labute approximate surface area is 212 Å². The summed E-state index contributed by atoms with van der Waals surface area (Å²) >= 11 is 0. The SMILES string of the molecule is COc1ccc2c(c1)-c1nc(-n3ncc(C(=O)N4CCN(C5CCCCC5)CC4)c3C)ncc1CC2. The quantitative estimate of drug-likeness (QED) is 0.558. The van der Waals surface area contributed by atoms with Gasteiger partial charge in [-0.2, -0.15) is 5.10 Å². The van der Waals surface area contributed by atoms with Crippen LogP contribution in [0.5, 0.6) is 5.75 Å². The highest BCUT2D eigenvalue weighted by Gasteiger charge is 2.29. The molecule has 2 aromatic heterocycles. The Morgan fingerprint density at radius 3 is 2.56 bits per heavy atom. The molecule has 1 saturated heterocycles. The summed E-state index contributed by atoms with van der Waals surface area (Å²) in [6.45, 7) is 5.39. The van der Waals surface area contributed by atoms with Crippen molar-refractivity contribution in [2.24, 2.45) is 0 Å². The van der Waals surface area contributed by atoms with E-state index in [1.54, 1.807) is 18.0 Å². The molecule has 2 aliphatic carbocycles. The second-order valence-corrected chi connectivity index (χ2v) is 10.2. The van der Waals surface area contributed by atoms with E-state index in [0.717, 1.165) is 67.3 Å². The Balaban J connectivity index is 1.22. The second-order valence-electron chi connectivity index (χ2n) is 10.2. The predicted octanol–water partition coefficient (Wildman–Crippen LogP) is 3.84. The molecular formula is C28H34N6O2. The molecule has 0 spiro atoms. The zero-order valence-corrected chi connectivity index (χ0v) is 21.2. The summed E-state index contributed by atoms with van der Waals surface area (Å²) in [4.78, 5) is 27.5. The number of hydrogen-bond acceptors (Lipinski definition) is 6. The van der Waals surface area contributed by atoms with E-state index in [0.29, 0.717) is 17.6 Å². The molecule has 0 radical (unpaired) electrons. The molecule has 6 rings (SSSR count). The first-order valence-corrected chi connectivity index (χ1v) is 13.2. The summed E-state index contributed by atoms with van der Waals surface area (Å²) in [6.07, 6.45) is 12.1. The molecular weight excluding hydrogens is 452 g/mol. The Morgan fingerprint density at radius 2 is 1.78 bits per heavy atom. The Morgan fingerprint density at radius 1 is 1.00 bits per heavy atom. The van der Waals surface area contributed by atoms with Crippen LogP contribution >= 0.6 is 0 Å². The summed E-state index contributed by atoms with van der Waals surface area (Å²) in [6, 6.07) is 6.85. The van der Waals surface area contributed by atoms with Gasteiger partial charge < -0.3 is 9.64 Å². The van der Waals surface area contributed by atoms with E-state index in [1.165, 1.54) is 37.7 Å². The van der Waals surface area contributed by atoms with E-state index in [4.69, 9.17) is 9.72 Å². The summed E-state index contributed by atoms with van der Waals surface area (Å²) in [7, 11) is 1.68. The van der Waals surface area contributed by atoms with E-state index in [1.807, 2.05) is 30.2 Å². The van der Waals surface area contributed by atoms with Gasteiger partial charge in [0.1, 0.15) is 5.75 Å². The molecule has 0 unspecified atom stereocenters. The van der Waals surface area contributed by atoms with E-state index in [-0.39, 0.29) is 5.91 Å². The van der Waals surface area contributed by atoms with Gasteiger partial charge in [-0.15, -0.1) is 0 Å². The molecule has 2 fully saturated rings. The topological polar surface area (TPSA) is 76.4 Å². The number of methoxy groups -OCH3 is 1. The van der Waals surface area contributed by atoms with Gasteiger partial charge in [0, 0.05) is 44.0 Å². The summed E-state index contributed by atoms with van der Waals surface area (Å²) in [5.74, 6) is 1.35. The van der Waals surface area contributed by atoms with Crippen LogP contribution < -0.4 is 4.74 Å². The van der Waals surface area contributed by atoms with Crippen LogP contribution in [0.15, 0.2) is 30.6 Å². The van der Waals surface area contributed by atoms with Crippen LogP contribution in [0.2, 0.25) is 0 Å². The highest BCUT2D eigenvalue weighted by atomic mass is 16.5. The van der Waals surface area contributed by atoms with Crippen molar-refractivity contribution in [1.29, 1.82) is 0 Å². The number of nitrogens with zero attached hydrogens (tertiary/aromatic N) is 6. The molecule has 3 aliphatic rings. The number of amides is 1. The number of aromatic nitrogens is 4. The first-order valence-electron chi connectivity index (χ1n) is 13.2. The summed E-state index contributed by atoms with van der Waals surface area (Å²) in [5, 5.41) is 4.54. The van der Waals surface area contributed by atoms with Crippen molar-refractivity contribution < 1.29 is 9.53 Å². The number of aryl methyl sites for hydroxylation is 2. The number of piperazine rings is 1. The fraction of sp³-hybridized carbons (Fsp3) is 0.500. The van der Waals surface area contributed by atoms with Crippen molar-refractivity contribution in [2.45, 2.75) is 57.9 Å². The van der Waals surface area contributed by atoms with Gasteiger partial charge in [-0.05, 0) is 55.9 Å². The summed E-state index contributed by atoms with van der Waals surface area (Å²) < 4.78 is 7.15. The Kier molecular flexibility index (Phi) is 6.21. The molecule has 1 aromatic carbocycles. The molecule has 1 aliphatic heterocycles. The fourth-order valence-electron chi connectivity index (χ4n) is 6.03. The zero-order chi connectivity index (χ0) is 24.6. The van der Waals surface area contributed by atoms with Crippen molar-refractivity contribution in [3.8, 4) is 23.0 Å². The van der Waals surface area contributed by atoms with Crippen LogP contribution in [0.4, 0.5) is 0 Å². The lowest BCUT2D eigenvalue weighted by molar-refractivity contribution is 0.0522. The van der Waals surface area contributed by atoms with Gasteiger partial charge in [0.2, 0.25) is 0 Å². The maximum atomic E-state index is 13.4. The first kappa shape index (κ1) is 23.2. The van der Waals surface area contributed by atoms with Crippen molar-refractivity contribution in [3.63, 3.8) is 0 Å². The van der Waals surface area contributed by atoms with Crippen molar-refractivity contribution in [3.05, 3.63) is 53.0 Å². The third kappa shape index (κ3) is 4.17. The van der Waals surface area contributed by atoms with Crippen LogP contribution in [0, 0.1) is 6.92 Å². The Bertz CT molecular complexity index is 1270. The smallest absolute Gasteiger partial charge is 0.257 e. The minimum Gasteiger partial charge on any atom is -0.497 e. The first-order chi connectivity index (χ1) is 17.6. The van der Waals surface area contributed by atoms with Crippen molar-refractivity contribution >= 4 is 5.91 Å². The van der Waals surface area contributed by atoms with Gasteiger partial charge in [-0.3, -0.25) is 9.69 Å². The minimum absolute atomic E-state index is 0.0510. The lowest BCUT2D eigenvalue weighted by Gasteiger charge is -2.40. The molecule has 0 N–H and O–H groups in total. The predicted molar refractivity (Wildman–Crippen MR) is 138 cm³/mol. The van der Waals surface area contributed by atoms with Crippen LogP contribution in [-0.2, 0) is 12.8 Å². The zero-order valence-electron chi connectivity index (χ0n) is 21.2. The van der Waals surface area contributed by atoms with Crippen LogP contribution in [-0.4, -0.2) is 74.8 Å². The largest absolute Gasteiger partial charge is 0.497 e. The van der Waals surface area contributed by atoms with Crippen molar-refractivity contribution in [1.82, 2.24) is 29.5 Å². The van der Waals surface area contributed by atoms with E-state index >= 15 is 0 Å². The normalized spacial score (nSPS) is 18.6. The summed E-state index contributed by atoms with van der Waals surface area (Å²) in [5.41, 5.74) is 5.78. The van der Waals surface area contributed by atoms with Gasteiger partial charge in [0.25, 0.3) is 11.9 Å². The number of carbonyl (C=O) groups is 1. The van der Waals surface area contributed by atoms with Crippen LogP contribution in [0.1, 0.15) is 59.3 Å². The van der Waals surface area contributed by atoms with Crippen molar-refractivity contribution in [2.75, 3.05) is 33.3 Å². The third-order valence-electron chi connectivity index (χ3n) is 8.21. The van der Waals surface area contributed by atoms with Gasteiger partial charge in [0.05, 0.1) is 30.3 Å². The van der Waals surface area contributed by atoms with E-state index in [2.05, 4.69) is 21.0 Å². The minimum atomic E-state index is 0.0510. The second kappa shape index (κ2) is 9.65. The molecule has 0 bridgehead atoms. The number of ether oxygens (including phenoxy) is 1. The highest BCUT2D eigenvalue weighted by molar-refractivity contribution is 5.95. The average Bonchev–Trinajstić information content (AvgIpc) is 3.33. The van der Waals surface area contributed by atoms with E-state index in [9.17, 15) is 4.79 Å². The molecule has 36 heavy (non-hydrogen) atoms. The Hall–Kier alpha value is -3.26. The monoisotopic (exact) mass is 486 g/mol. The van der Waals surface area contributed by atoms with Crippen LogP contribution in [0.3, 0.4) is 0 Å². The third-order valence-corrected chi connectivity index (χ3v) is 8.21. The molecule has 8 heteroatoms. The highest BCUT2D eigenvalue weighted by Crippen LogP contribution is 2.34. The molecule has 3 heterocycles. The lowest BCUT2D eigenvalue weighted by Crippen LogP contribution is -2.52. The van der Waals surface area contributed by atoms with Gasteiger partial charge in [0.15, 0.2) is 0 Å². The fourth-order valence-corrected chi connectivity index (χ4v) is 6.03. The molecule has 0 atom stereocenters. The van der Waals surface area contributed by atoms with Crippen LogP contribution in [0.25, 0.3) is 17.2 Å². The number of fused-ring (bicyclic) bond motifs is 3. The molecule has 1 saturated carbocycles. The molecule has 8 nitrogen and oxygen atoms in total. The standard InChI is InChI=1S/C28H34N6O2/c1-19-25(27(35)33-14-12-32(13-15-33)22-6-4-3-5-7-22)18-30-34(19)28-29-17-21-9-8-20-10-11-23(36-2)16-24(20)26(21)31-28/h10-11,16-18,22H,3-9,12-15H2,1-2H3. The molecule has 3 aromatic rings. The number of carbonyl (C=O) groups excluding carboxylic acids is 1. The van der Waals surface area contributed by atoms with Gasteiger partial charge in [-0.25, -0.2) is 14.6 Å². The van der Waals surface area contributed by atoms with E-state index < -0.39 is 0 Å². The van der Waals surface area contributed by atoms with Gasteiger partial charge >= 0.3 is 0 Å². The molecule has 1 amide bonds.